The van der Waals surface area contributed by atoms with Crippen molar-refractivity contribution in [3.63, 3.8) is 0 Å². The molecular weight excluding hydrogens is 242 g/mol. The van der Waals surface area contributed by atoms with Crippen molar-refractivity contribution in [2.45, 2.75) is 13.5 Å². The second-order valence-corrected chi connectivity index (χ2v) is 4.22. The van der Waals surface area contributed by atoms with Crippen LogP contribution in [0.1, 0.15) is 21.6 Å². The van der Waals surface area contributed by atoms with E-state index >= 15 is 0 Å². The zero-order valence-electron chi connectivity index (χ0n) is 10.6. The fourth-order valence-corrected chi connectivity index (χ4v) is 1.65. The van der Waals surface area contributed by atoms with E-state index in [1.165, 1.54) is 12.1 Å². The number of carbonyl (C=O) groups excluding carboxylic acids is 1. The molecule has 0 atom stereocenters. The Bertz CT molecular complexity index is 611. The Morgan fingerprint density at radius 1 is 1.42 bits per heavy atom. The Morgan fingerprint density at radius 2 is 2.21 bits per heavy atom. The van der Waals surface area contributed by atoms with Gasteiger partial charge < -0.3 is 16.2 Å². The molecule has 0 radical (unpaired) electrons. The highest BCUT2D eigenvalue weighted by atomic mass is 16.3. The monoisotopic (exact) mass is 257 g/mol. The van der Waals surface area contributed by atoms with Gasteiger partial charge in [0.2, 0.25) is 0 Å². The van der Waals surface area contributed by atoms with Crippen molar-refractivity contribution >= 4 is 11.6 Å². The molecule has 1 heterocycles. The number of carbonyl (C=O) groups is 1. The summed E-state index contributed by atoms with van der Waals surface area (Å²) in [6, 6.07) is 8.18. The average Bonchev–Trinajstić information content (AvgIpc) is 2.40. The van der Waals surface area contributed by atoms with Crippen molar-refractivity contribution in [2.75, 3.05) is 5.73 Å². The van der Waals surface area contributed by atoms with E-state index in [0.717, 1.165) is 11.3 Å². The van der Waals surface area contributed by atoms with Crippen LogP contribution in [0, 0.1) is 6.92 Å². The first-order valence-corrected chi connectivity index (χ1v) is 5.85. The van der Waals surface area contributed by atoms with Gasteiger partial charge in [-0.05, 0) is 36.8 Å². The number of phenolic OH excluding ortho intramolecular Hbond substituents is 1. The van der Waals surface area contributed by atoms with Crippen molar-refractivity contribution in [3.05, 3.63) is 53.3 Å². The number of hydrogen-bond donors (Lipinski definition) is 3. The second kappa shape index (κ2) is 5.39. The summed E-state index contributed by atoms with van der Waals surface area (Å²) < 4.78 is 0. The summed E-state index contributed by atoms with van der Waals surface area (Å²) in [4.78, 5) is 16.1. The quantitative estimate of drug-likeness (QED) is 0.575. The number of aromatic nitrogens is 1. The maximum absolute atomic E-state index is 11.9. The molecule has 1 amide bonds. The average molecular weight is 257 g/mol. The first-order chi connectivity index (χ1) is 9.08. The van der Waals surface area contributed by atoms with Gasteiger partial charge in [-0.2, -0.15) is 0 Å². The minimum absolute atomic E-state index is 0.0957. The fourth-order valence-electron chi connectivity index (χ4n) is 1.65. The molecule has 0 aliphatic rings. The molecule has 0 aliphatic heterocycles. The molecule has 5 heteroatoms. The van der Waals surface area contributed by atoms with Crippen molar-refractivity contribution in [3.8, 4) is 5.75 Å². The summed E-state index contributed by atoms with van der Waals surface area (Å²) in [6.45, 7) is 2.28. The number of pyridine rings is 1. The molecule has 0 aliphatic carbocycles. The lowest BCUT2D eigenvalue weighted by Crippen LogP contribution is -2.23. The number of nitrogens with one attached hydrogen (secondary N) is 1. The molecule has 4 N–H and O–H groups in total. The highest BCUT2D eigenvalue weighted by molar-refractivity contribution is 5.95. The molecule has 0 saturated carbocycles. The van der Waals surface area contributed by atoms with Crippen molar-refractivity contribution in [1.82, 2.24) is 10.3 Å². The molecule has 0 spiro atoms. The van der Waals surface area contributed by atoms with Crippen molar-refractivity contribution < 1.29 is 9.90 Å². The minimum Gasteiger partial charge on any atom is -0.506 e. The van der Waals surface area contributed by atoms with Crippen molar-refractivity contribution in [1.29, 1.82) is 0 Å². The largest absolute Gasteiger partial charge is 0.506 e. The number of nitrogens with zero attached hydrogens (tertiary/aromatic N) is 1. The fraction of sp³-hybridized carbons (Fsp3) is 0.143. The number of anilines is 1. The van der Waals surface area contributed by atoms with Crippen LogP contribution in [0.4, 0.5) is 5.69 Å². The molecule has 5 nitrogen and oxygen atoms in total. The van der Waals surface area contributed by atoms with E-state index in [-0.39, 0.29) is 17.3 Å². The van der Waals surface area contributed by atoms with Gasteiger partial charge >= 0.3 is 0 Å². The summed E-state index contributed by atoms with van der Waals surface area (Å²) in [6.07, 6.45) is 1.68. The molecule has 0 saturated heterocycles. The lowest BCUT2D eigenvalue weighted by molar-refractivity contribution is 0.0950. The lowest BCUT2D eigenvalue weighted by atomic mass is 10.1. The van der Waals surface area contributed by atoms with Crippen LogP contribution in [0.25, 0.3) is 0 Å². The smallest absolute Gasteiger partial charge is 0.251 e. The van der Waals surface area contributed by atoms with E-state index in [9.17, 15) is 9.90 Å². The predicted octanol–water partition coefficient (Wildman–Crippen LogP) is 1.61. The summed E-state index contributed by atoms with van der Waals surface area (Å²) in [5, 5.41) is 12.2. The van der Waals surface area contributed by atoms with Gasteiger partial charge in [-0.15, -0.1) is 0 Å². The summed E-state index contributed by atoms with van der Waals surface area (Å²) in [5.41, 5.74) is 7.92. The number of amides is 1. The third-order valence-corrected chi connectivity index (χ3v) is 2.83. The van der Waals surface area contributed by atoms with Crippen LogP contribution in [0.2, 0.25) is 0 Å². The number of hydrogen-bond acceptors (Lipinski definition) is 4. The van der Waals surface area contributed by atoms with Crippen LogP contribution >= 0.6 is 0 Å². The number of aryl methyl sites for hydroxylation is 1. The topological polar surface area (TPSA) is 88.2 Å². The Hall–Kier alpha value is -2.56. The van der Waals surface area contributed by atoms with Gasteiger partial charge in [0.15, 0.2) is 0 Å². The van der Waals surface area contributed by atoms with Gasteiger partial charge in [-0.3, -0.25) is 9.78 Å². The molecule has 19 heavy (non-hydrogen) atoms. The third kappa shape index (κ3) is 3.01. The highest BCUT2D eigenvalue weighted by Crippen LogP contribution is 2.20. The zero-order valence-corrected chi connectivity index (χ0v) is 10.6. The van der Waals surface area contributed by atoms with Crippen LogP contribution in [-0.2, 0) is 6.54 Å². The van der Waals surface area contributed by atoms with E-state index in [1.54, 1.807) is 12.3 Å². The molecular formula is C14H15N3O2. The van der Waals surface area contributed by atoms with E-state index < -0.39 is 0 Å². The standard InChI is InChI=1S/C14H15N3O2/c1-9-3-2-6-16-12(9)8-17-14(19)10-4-5-11(15)13(18)7-10/h2-7,18H,8,15H2,1H3,(H,17,19). The van der Waals surface area contributed by atoms with E-state index in [1.807, 2.05) is 19.1 Å². The molecule has 98 valence electrons. The predicted molar refractivity (Wildman–Crippen MR) is 72.7 cm³/mol. The van der Waals surface area contributed by atoms with Crippen LogP contribution in [0.3, 0.4) is 0 Å². The van der Waals surface area contributed by atoms with Crippen LogP contribution in [-0.4, -0.2) is 16.0 Å². The number of phenols is 1. The number of aromatic hydroxyl groups is 1. The Kier molecular flexibility index (Phi) is 3.66. The van der Waals surface area contributed by atoms with Gasteiger partial charge in [0.05, 0.1) is 17.9 Å². The first-order valence-electron chi connectivity index (χ1n) is 5.85. The van der Waals surface area contributed by atoms with Crippen molar-refractivity contribution in [2.24, 2.45) is 0 Å². The molecule has 2 aromatic rings. The lowest BCUT2D eigenvalue weighted by Gasteiger charge is -2.07. The van der Waals surface area contributed by atoms with Gasteiger partial charge in [0.25, 0.3) is 5.91 Å². The highest BCUT2D eigenvalue weighted by Gasteiger charge is 2.08. The molecule has 1 aromatic carbocycles. The van der Waals surface area contributed by atoms with Crippen LogP contribution in [0.15, 0.2) is 36.5 Å². The second-order valence-electron chi connectivity index (χ2n) is 4.22. The summed E-state index contributed by atoms with van der Waals surface area (Å²) in [5.74, 6) is -0.373. The minimum atomic E-state index is -0.277. The number of benzene rings is 1. The van der Waals surface area contributed by atoms with E-state index in [0.29, 0.717) is 12.1 Å². The van der Waals surface area contributed by atoms with Gasteiger partial charge in [-0.25, -0.2) is 0 Å². The van der Waals surface area contributed by atoms with Gasteiger partial charge in [0, 0.05) is 11.8 Å². The molecule has 0 unspecified atom stereocenters. The van der Waals surface area contributed by atoms with Crippen LogP contribution < -0.4 is 11.1 Å². The summed E-state index contributed by atoms with van der Waals surface area (Å²) in [7, 11) is 0. The zero-order chi connectivity index (χ0) is 13.8. The van der Waals surface area contributed by atoms with E-state index in [2.05, 4.69) is 10.3 Å². The maximum atomic E-state index is 11.9. The normalized spacial score (nSPS) is 10.2. The van der Waals surface area contributed by atoms with Crippen LogP contribution in [0.5, 0.6) is 5.75 Å². The SMILES string of the molecule is Cc1cccnc1CNC(=O)c1ccc(N)c(O)c1. The Balaban J connectivity index is 2.05. The molecule has 0 bridgehead atoms. The number of rotatable bonds is 3. The maximum Gasteiger partial charge on any atom is 0.251 e. The Morgan fingerprint density at radius 3 is 2.89 bits per heavy atom. The molecule has 1 aromatic heterocycles. The molecule has 2 rings (SSSR count). The molecule has 0 fully saturated rings. The third-order valence-electron chi connectivity index (χ3n) is 2.83. The summed E-state index contributed by atoms with van der Waals surface area (Å²) >= 11 is 0. The number of nitrogen functional groups attached to an aromatic ring is 1. The van der Waals surface area contributed by atoms with Gasteiger partial charge in [0.1, 0.15) is 5.75 Å². The first kappa shape index (κ1) is 12.9. The van der Waals surface area contributed by atoms with E-state index in [4.69, 9.17) is 5.73 Å². The Labute approximate surface area is 111 Å². The number of nitrogens with two attached hydrogens (primary N) is 1. The van der Waals surface area contributed by atoms with Gasteiger partial charge in [-0.1, -0.05) is 6.07 Å².